The summed E-state index contributed by atoms with van der Waals surface area (Å²) >= 11 is 0. The molecule has 1 aromatic heterocycles. The van der Waals surface area contributed by atoms with E-state index in [0.29, 0.717) is 11.6 Å². The van der Waals surface area contributed by atoms with E-state index in [1.54, 1.807) is 47.6 Å². The highest BCUT2D eigenvalue weighted by molar-refractivity contribution is 5.88. The van der Waals surface area contributed by atoms with Gasteiger partial charge in [-0.3, -0.25) is 10.2 Å². The number of rotatable bonds is 3. The number of nitrogens with zero attached hydrogens (tertiary/aromatic N) is 2. The number of carbonyl (C=O) groups is 2. The van der Waals surface area contributed by atoms with E-state index in [0.717, 1.165) is 0 Å². The minimum Gasteiger partial charge on any atom is -0.444 e. The monoisotopic (exact) mass is 368 g/mol. The zero-order valence-corrected chi connectivity index (χ0v) is 16.4. The first-order valence-electron chi connectivity index (χ1n) is 8.57. The lowest BCUT2D eigenvalue weighted by Gasteiger charge is -2.35. The van der Waals surface area contributed by atoms with Gasteiger partial charge in [0, 0.05) is 12.6 Å². The van der Waals surface area contributed by atoms with E-state index in [1.165, 1.54) is 4.90 Å². The van der Waals surface area contributed by atoms with Crippen LogP contribution in [0.3, 0.4) is 0 Å². The Morgan fingerprint density at radius 2 is 2.04 bits per heavy atom. The van der Waals surface area contributed by atoms with Crippen LogP contribution in [0.1, 0.15) is 47.3 Å². The summed E-state index contributed by atoms with van der Waals surface area (Å²) in [5.74, 6) is 0.913. The maximum atomic E-state index is 12.6. The molecule has 0 radical (unpaired) electrons. The van der Waals surface area contributed by atoms with Gasteiger partial charge in [-0.2, -0.15) is 0 Å². The molecule has 0 bridgehead atoms. The Hall–Kier alpha value is -2.29. The third-order valence-corrected chi connectivity index (χ3v) is 3.86. The van der Waals surface area contributed by atoms with Gasteiger partial charge in [-0.15, -0.1) is 0 Å². The van der Waals surface area contributed by atoms with E-state index in [4.69, 9.17) is 14.0 Å². The molecule has 1 aromatic rings. The number of aryl methyl sites for hydroxylation is 1. The second kappa shape index (κ2) is 7.14. The van der Waals surface area contributed by atoms with Crippen LogP contribution < -0.4 is 10.6 Å². The fourth-order valence-electron chi connectivity index (χ4n) is 2.91. The maximum Gasteiger partial charge on any atom is 0.412 e. The largest absolute Gasteiger partial charge is 0.444 e. The average Bonchev–Trinajstić information content (AvgIpc) is 2.94. The van der Waals surface area contributed by atoms with Crippen molar-refractivity contribution in [1.82, 2.24) is 15.4 Å². The summed E-state index contributed by atoms with van der Waals surface area (Å²) in [4.78, 5) is 26.2. The third-order valence-electron chi connectivity index (χ3n) is 3.86. The summed E-state index contributed by atoms with van der Waals surface area (Å²) < 4.78 is 16.3. The zero-order chi connectivity index (χ0) is 19.7. The highest BCUT2D eigenvalue weighted by atomic mass is 16.6. The van der Waals surface area contributed by atoms with Crippen molar-refractivity contribution in [3.05, 3.63) is 11.8 Å². The molecule has 2 rings (SSSR count). The first-order valence-corrected chi connectivity index (χ1v) is 8.57. The Morgan fingerprint density at radius 1 is 1.38 bits per heavy atom. The maximum absolute atomic E-state index is 12.6. The molecule has 1 saturated heterocycles. The highest BCUT2D eigenvalue weighted by Crippen LogP contribution is 2.33. The van der Waals surface area contributed by atoms with Gasteiger partial charge in [0.1, 0.15) is 17.1 Å². The minimum absolute atomic E-state index is 0.201. The van der Waals surface area contributed by atoms with E-state index >= 15 is 0 Å². The second-order valence-electron chi connectivity index (χ2n) is 7.85. The molecule has 2 heterocycles. The van der Waals surface area contributed by atoms with Gasteiger partial charge in [0.15, 0.2) is 5.82 Å². The molecule has 146 valence electrons. The van der Waals surface area contributed by atoms with Crippen molar-refractivity contribution in [3.63, 3.8) is 0 Å². The number of ether oxygens (including phenoxy) is 2. The lowest BCUT2D eigenvalue weighted by molar-refractivity contribution is -0.0756. The van der Waals surface area contributed by atoms with Gasteiger partial charge in [-0.25, -0.2) is 9.59 Å². The van der Waals surface area contributed by atoms with Crippen LogP contribution in [0.4, 0.5) is 15.4 Å². The summed E-state index contributed by atoms with van der Waals surface area (Å²) in [6, 6.07) is 0.792. The lowest BCUT2D eigenvalue weighted by Crippen LogP contribution is -2.53. The Morgan fingerprint density at radius 3 is 2.58 bits per heavy atom. The predicted molar refractivity (Wildman–Crippen MR) is 94.7 cm³/mol. The topological polar surface area (TPSA) is 106 Å². The Bertz CT molecular complexity index is 664. The quantitative estimate of drug-likeness (QED) is 0.850. The Kier molecular flexibility index (Phi) is 5.50. The molecule has 3 amide bonds. The highest BCUT2D eigenvalue weighted by Gasteiger charge is 2.49. The van der Waals surface area contributed by atoms with Crippen LogP contribution in [0.25, 0.3) is 0 Å². The zero-order valence-electron chi connectivity index (χ0n) is 16.4. The molecular formula is C17H28N4O5. The normalized spacial score (nSPS) is 22.2. The van der Waals surface area contributed by atoms with Crippen LogP contribution in [0.2, 0.25) is 0 Å². The number of carbonyl (C=O) groups excluding carboxylic acids is 2. The van der Waals surface area contributed by atoms with Crippen molar-refractivity contribution in [2.75, 3.05) is 11.9 Å². The van der Waals surface area contributed by atoms with E-state index in [-0.39, 0.29) is 18.7 Å². The molecule has 0 spiro atoms. The Balaban J connectivity index is 2.02. The van der Waals surface area contributed by atoms with Gasteiger partial charge in [0.05, 0.1) is 12.1 Å². The summed E-state index contributed by atoms with van der Waals surface area (Å²) in [7, 11) is 0. The molecule has 9 nitrogen and oxygen atoms in total. The van der Waals surface area contributed by atoms with E-state index in [9.17, 15) is 9.59 Å². The smallest absolute Gasteiger partial charge is 0.412 e. The van der Waals surface area contributed by atoms with E-state index in [1.807, 2.05) is 6.92 Å². The van der Waals surface area contributed by atoms with Crippen LogP contribution in [0.15, 0.2) is 10.6 Å². The van der Waals surface area contributed by atoms with Crippen molar-refractivity contribution >= 4 is 17.9 Å². The molecule has 2 N–H and O–H groups in total. The van der Waals surface area contributed by atoms with Crippen molar-refractivity contribution < 1.29 is 23.6 Å². The van der Waals surface area contributed by atoms with Gasteiger partial charge in [-0.05, 0) is 48.5 Å². The van der Waals surface area contributed by atoms with E-state index in [2.05, 4.69) is 15.8 Å². The molecule has 9 heteroatoms. The van der Waals surface area contributed by atoms with Crippen molar-refractivity contribution in [3.8, 4) is 0 Å². The molecule has 1 fully saturated rings. The number of amides is 3. The summed E-state index contributed by atoms with van der Waals surface area (Å²) in [6.07, 6.45) is -0.752. The fraction of sp³-hybridized carbons (Fsp3) is 0.706. The minimum atomic E-state index is -0.839. The molecule has 0 unspecified atom stereocenters. The van der Waals surface area contributed by atoms with Crippen LogP contribution >= 0.6 is 0 Å². The summed E-state index contributed by atoms with van der Waals surface area (Å²) in [5, 5.41) is 9.01. The van der Waals surface area contributed by atoms with E-state index < -0.39 is 23.5 Å². The van der Waals surface area contributed by atoms with Gasteiger partial charge < -0.3 is 19.3 Å². The molecule has 1 aliphatic heterocycles. The summed E-state index contributed by atoms with van der Waals surface area (Å²) in [6.45, 7) is 12.8. The predicted octanol–water partition coefficient (Wildman–Crippen LogP) is 2.87. The van der Waals surface area contributed by atoms with Gasteiger partial charge in [0.2, 0.25) is 0 Å². The Labute approximate surface area is 153 Å². The summed E-state index contributed by atoms with van der Waals surface area (Å²) in [5.41, 5.74) is -1.47. The van der Waals surface area contributed by atoms with Crippen LogP contribution in [-0.4, -0.2) is 52.2 Å². The molecule has 0 aliphatic carbocycles. The lowest BCUT2D eigenvalue weighted by atomic mass is 10.1. The number of hydrogen-bond donors (Lipinski definition) is 2. The van der Waals surface area contributed by atoms with Gasteiger partial charge in [0.25, 0.3) is 0 Å². The van der Waals surface area contributed by atoms with Gasteiger partial charge in [-0.1, -0.05) is 5.16 Å². The SMILES string of the molecule is Cc1cc(NC(=O)NC[C@@H]2[C@H](C)OC(C)(C)N2C(=O)OC(C)(C)C)no1. The van der Waals surface area contributed by atoms with Crippen LogP contribution in [0, 0.1) is 6.92 Å². The number of hydrogen-bond acceptors (Lipinski definition) is 6. The number of nitrogens with one attached hydrogen (secondary N) is 2. The molecule has 0 aromatic carbocycles. The van der Waals surface area contributed by atoms with Crippen LogP contribution in [0.5, 0.6) is 0 Å². The molecule has 0 saturated carbocycles. The van der Waals surface area contributed by atoms with Crippen molar-refractivity contribution in [1.29, 1.82) is 0 Å². The second-order valence-corrected chi connectivity index (χ2v) is 7.85. The van der Waals surface area contributed by atoms with Crippen molar-refractivity contribution in [2.24, 2.45) is 0 Å². The number of urea groups is 1. The van der Waals surface area contributed by atoms with Crippen LogP contribution in [-0.2, 0) is 9.47 Å². The fourth-order valence-corrected chi connectivity index (χ4v) is 2.91. The molecule has 26 heavy (non-hydrogen) atoms. The number of aromatic nitrogens is 1. The molecular weight excluding hydrogens is 340 g/mol. The van der Waals surface area contributed by atoms with Crippen molar-refractivity contribution in [2.45, 2.75) is 71.9 Å². The molecule has 1 aliphatic rings. The average molecular weight is 368 g/mol. The van der Waals surface area contributed by atoms with Gasteiger partial charge >= 0.3 is 12.1 Å². The number of anilines is 1. The first kappa shape index (κ1) is 20.0. The molecule has 2 atom stereocenters. The third kappa shape index (κ3) is 4.87. The standard InChI is InChI=1S/C17H28N4O5/c1-10-8-13(20-26-10)19-14(22)18-9-12-11(2)24-17(6,7)21(12)15(23)25-16(3,4)5/h8,11-12H,9H2,1-7H3,(H2,18,19,20,22)/t11-,12+/m0/s1. The first-order chi connectivity index (χ1) is 11.9.